The summed E-state index contributed by atoms with van der Waals surface area (Å²) >= 11 is 5.69. The number of sulfonamides is 1. The van der Waals surface area contributed by atoms with Gasteiger partial charge in [0.25, 0.3) is 5.91 Å². The molecule has 0 fully saturated rings. The van der Waals surface area contributed by atoms with Gasteiger partial charge in [0.2, 0.25) is 10.0 Å². The number of hydrogen-bond acceptors (Lipinski definition) is 5. The van der Waals surface area contributed by atoms with Crippen LogP contribution in [0.4, 0.5) is 0 Å². The van der Waals surface area contributed by atoms with Crippen LogP contribution < -0.4 is 10.0 Å². The second-order valence-electron chi connectivity index (χ2n) is 4.98. The summed E-state index contributed by atoms with van der Waals surface area (Å²) in [4.78, 5) is 22.8. The van der Waals surface area contributed by atoms with Crippen LogP contribution in [0.1, 0.15) is 20.3 Å². The molecule has 1 amide bonds. The third-order valence-corrected chi connectivity index (χ3v) is 4.29. The molecule has 23 heavy (non-hydrogen) atoms. The number of carbonyl (C=O) groups excluding carboxylic acids is 2. The largest absolute Gasteiger partial charge is 0.456 e. The van der Waals surface area contributed by atoms with E-state index < -0.39 is 21.9 Å². The van der Waals surface area contributed by atoms with Crippen LogP contribution in [0.2, 0.25) is 5.02 Å². The predicted octanol–water partition coefficient (Wildman–Crippen LogP) is 1.08. The summed E-state index contributed by atoms with van der Waals surface area (Å²) in [6, 6.07) is 5.58. The summed E-state index contributed by atoms with van der Waals surface area (Å²) in [6.07, 6.45) is -0.179. The van der Waals surface area contributed by atoms with Crippen molar-refractivity contribution in [3.63, 3.8) is 0 Å². The Bertz CT molecular complexity index is 644. The molecule has 0 spiro atoms. The molecule has 0 heterocycles. The van der Waals surface area contributed by atoms with Crippen LogP contribution in [-0.2, 0) is 24.3 Å². The van der Waals surface area contributed by atoms with Crippen LogP contribution in [-0.4, -0.2) is 39.5 Å². The fourth-order valence-corrected chi connectivity index (χ4v) is 2.72. The van der Waals surface area contributed by atoms with Gasteiger partial charge in [0, 0.05) is 17.6 Å². The molecule has 2 N–H and O–H groups in total. The van der Waals surface area contributed by atoms with Crippen LogP contribution in [0.5, 0.6) is 0 Å². The van der Waals surface area contributed by atoms with Crippen LogP contribution in [0.25, 0.3) is 0 Å². The van der Waals surface area contributed by atoms with E-state index in [1.165, 1.54) is 24.3 Å². The molecule has 7 nitrogen and oxygen atoms in total. The first-order valence-corrected chi connectivity index (χ1v) is 8.77. The smallest absolute Gasteiger partial charge is 0.307 e. The highest BCUT2D eigenvalue weighted by Crippen LogP contribution is 2.13. The van der Waals surface area contributed by atoms with Crippen molar-refractivity contribution in [1.82, 2.24) is 10.0 Å². The number of amides is 1. The highest BCUT2D eigenvalue weighted by molar-refractivity contribution is 7.89. The van der Waals surface area contributed by atoms with Gasteiger partial charge in [-0.05, 0) is 38.1 Å². The molecule has 0 radical (unpaired) electrons. The first-order valence-electron chi connectivity index (χ1n) is 6.91. The predicted molar refractivity (Wildman–Crippen MR) is 85.5 cm³/mol. The SMILES string of the molecule is CC(C)NC(=O)COC(=O)CCNS(=O)(=O)c1ccc(Cl)cc1. The number of hydrogen-bond donors (Lipinski definition) is 2. The van der Waals surface area contributed by atoms with E-state index in [-0.39, 0.29) is 30.5 Å². The maximum atomic E-state index is 11.9. The van der Waals surface area contributed by atoms with Crippen molar-refractivity contribution in [2.45, 2.75) is 31.2 Å². The van der Waals surface area contributed by atoms with Crippen molar-refractivity contribution in [2.24, 2.45) is 0 Å². The van der Waals surface area contributed by atoms with Crippen LogP contribution in [0.3, 0.4) is 0 Å². The lowest BCUT2D eigenvalue weighted by molar-refractivity contribution is -0.148. The van der Waals surface area contributed by atoms with E-state index in [1.54, 1.807) is 13.8 Å². The molecule has 0 saturated heterocycles. The van der Waals surface area contributed by atoms with Gasteiger partial charge in [0.05, 0.1) is 11.3 Å². The fourth-order valence-electron chi connectivity index (χ4n) is 1.57. The van der Waals surface area contributed by atoms with E-state index in [9.17, 15) is 18.0 Å². The Morgan fingerprint density at radius 1 is 1.22 bits per heavy atom. The van der Waals surface area contributed by atoms with E-state index in [0.717, 1.165) is 0 Å². The zero-order valence-electron chi connectivity index (χ0n) is 12.8. The number of halogens is 1. The van der Waals surface area contributed by atoms with Crippen molar-refractivity contribution in [3.05, 3.63) is 29.3 Å². The standard InChI is InChI=1S/C14H19ClN2O5S/c1-10(2)17-13(18)9-22-14(19)7-8-16-23(20,21)12-5-3-11(15)4-6-12/h3-6,10,16H,7-9H2,1-2H3,(H,17,18). The number of carbonyl (C=O) groups is 2. The minimum absolute atomic E-state index is 0.0478. The molecule has 0 bridgehead atoms. The van der Waals surface area contributed by atoms with E-state index in [1.807, 2.05) is 0 Å². The molecule has 9 heteroatoms. The third-order valence-electron chi connectivity index (χ3n) is 2.56. The van der Waals surface area contributed by atoms with E-state index in [4.69, 9.17) is 16.3 Å². The zero-order chi connectivity index (χ0) is 17.5. The van der Waals surface area contributed by atoms with Crippen molar-refractivity contribution in [3.8, 4) is 0 Å². The Morgan fingerprint density at radius 3 is 2.39 bits per heavy atom. The van der Waals surface area contributed by atoms with Gasteiger partial charge in [0.1, 0.15) is 0 Å². The summed E-state index contributed by atoms with van der Waals surface area (Å²) in [5.74, 6) is -1.07. The molecule has 0 saturated carbocycles. The first kappa shape index (κ1) is 19.4. The normalized spacial score (nSPS) is 11.3. The Hall–Kier alpha value is -1.64. The second-order valence-corrected chi connectivity index (χ2v) is 7.19. The molecular formula is C14H19ClN2O5S. The summed E-state index contributed by atoms with van der Waals surface area (Å²) in [5.41, 5.74) is 0. The Labute approximate surface area is 140 Å². The molecule has 0 aliphatic rings. The average molecular weight is 363 g/mol. The van der Waals surface area contributed by atoms with Gasteiger partial charge in [-0.1, -0.05) is 11.6 Å². The molecule has 0 aliphatic carbocycles. The summed E-state index contributed by atoms with van der Waals surface area (Å²) in [5, 5.41) is 2.99. The molecular weight excluding hydrogens is 344 g/mol. The van der Waals surface area contributed by atoms with Gasteiger partial charge in [0.15, 0.2) is 6.61 Å². The highest BCUT2D eigenvalue weighted by Gasteiger charge is 2.15. The van der Waals surface area contributed by atoms with Gasteiger partial charge in [-0.3, -0.25) is 9.59 Å². The summed E-state index contributed by atoms with van der Waals surface area (Å²) in [6.45, 7) is 3.05. The van der Waals surface area contributed by atoms with Crippen LogP contribution >= 0.6 is 11.6 Å². The quantitative estimate of drug-likeness (QED) is 0.674. The lowest BCUT2D eigenvalue weighted by Gasteiger charge is -2.09. The Kier molecular flexibility index (Phi) is 7.47. The van der Waals surface area contributed by atoms with Crippen LogP contribution in [0.15, 0.2) is 29.2 Å². The lowest BCUT2D eigenvalue weighted by Crippen LogP contribution is -2.34. The van der Waals surface area contributed by atoms with Gasteiger partial charge in [-0.25, -0.2) is 13.1 Å². The number of nitrogens with one attached hydrogen (secondary N) is 2. The van der Waals surface area contributed by atoms with Gasteiger partial charge in [-0.15, -0.1) is 0 Å². The monoisotopic (exact) mass is 362 g/mol. The van der Waals surface area contributed by atoms with E-state index >= 15 is 0 Å². The van der Waals surface area contributed by atoms with Gasteiger partial charge >= 0.3 is 5.97 Å². The number of esters is 1. The lowest BCUT2D eigenvalue weighted by atomic mass is 10.4. The van der Waals surface area contributed by atoms with Crippen LogP contribution in [0, 0.1) is 0 Å². The van der Waals surface area contributed by atoms with Crippen molar-refractivity contribution in [1.29, 1.82) is 0 Å². The average Bonchev–Trinajstić information content (AvgIpc) is 2.44. The van der Waals surface area contributed by atoms with E-state index in [2.05, 4.69) is 10.0 Å². The highest BCUT2D eigenvalue weighted by atomic mass is 35.5. The molecule has 128 valence electrons. The number of rotatable bonds is 8. The maximum Gasteiger partial charge on any atom is 0.307 e. The molecule has 0 aliphatic heterocycles. The third kappa shape index (κ3) is 7.45. The molecule has 0 aromatic heterocycles. The Morgan fingerprint density at radius 2 is 1.83 bits per heavy atom. The summed E-state index contributed by atoms with van der Waals surface area (Å²) < 4.78 is 30.9. The van der Waals surface area contributed by atoms with Crippen molar-refractivity contribution >= 4 is 33.5 Å². The number of ether oxygens (including phenoxy) is 1. The first-order chi connectivity index (χ1) is 10.7. The topological polar surface area (TPSA) is 102 Å². The van der Waals surface area contributed by atoms with Gasteiger partial charge in [-0.2, -0.15) is 0 Å². The molecule has 1 aromatic rings. The minimum Gasteiger partial charge on any atom is -0.456 e. The fraction of sp³-hybridized carbons (Fsp3) is 0.429. The molecule has 0 unspecified atom stereocenters. The van der Waals surface area contributed by atoms with Crippen molar-refractivity contribution < 1.29 is 22.7 Å². The van der Waals surface area contributed by atoms with Crippen molar-refractivity contribution in [2.75, 3.05) is 13.2 Å². The zero-order valence-corrected chi connectivity index (χ0v) is 14.4. The maximum absolute atomic E-state index is 11.9. The second kappa shape index (κ2) is 8.85. The Balaban J connectivity index is 2.36. The summed E-state index contributed by atoms with van der Waals surface area (Å²) in [7, 11) is -3.72. The van der Waals surface area contributed by atoms with E-state index in [0.29, 0.717) is 5.02 Å². The molecule has 0 atom stereocenters. The van der Waals surface area contributed by atoms with Gasteiger partial charge < -0.3 is 10.1 Å². The molecule has 1 aromatic carbocycles. The molecule has 1 rings (SSSR count). The number of benzene rings is 1. The minimum atomic E-state index is -3.72.